The number of nitrogens with zero attached hydrogens (tertiary/aromatic N) is 1. The lowest BCUT2D eigenvalue weighted by Crippen LogP contribution is -2.32. The van der Waals surface area contributed by atoms with E-state index in [4.69, 9.17) is 16.3 Å². The molecule has 3 aromatic rings. The molecule has 0 unspecified atom stereocenters. The summed E-state index contributed by atoms with van der Waals surface area (Å²) >= 11 is 7.63. The van der Waals surface area contributed by atoms with E-state index >= 15 is 0 Å². The molecule has 134 valence electrons. The van der Waals surface area contributed by atoms with Gasteiger partial charge in [0.2, 0.25) is 0 Å². The van der Waals surface area contributed by atoms with Crippen LogP contribution in [0, 0.1) is 0 Å². The zero-order valence-electron chi connectivity index (χ0n) is 14.1. The van der Waals surface area contributed by atoms with Gasteiger partial charge in [-0.1, -0.05) is 59.8 Å². The standard InChI is InChI=1S/C21H14ClNO3S/c22-15-8-2-1-7-14(15)21(25)26-13-20(24)23-16-9-3-5-11-18(16)27-19-12-6-4-10-17(19)23/h1-12H,13H2. The van der Waals surface area contributed by atoms with Gasteiger partial charge in [-0.2, -0.15) is 0 Å². The Kier molecular flexibility index (Phi) is 4.88. The topological polar surface area (TPSA) is 46.6 Å². The molecule has 0 saturated carbocycles. The molecule has 0 N–H and O–H groups in total. The highest BCUT2D eigenvalue weighted by atomic mass is 35.5. The number of esters is 1. The van der Waals surface area contributed by atoms with Crippen LogP contribution in [0.4, 0.5) is 11.4 Å². The van der Waals surface area contributed by atoms with Crippen LogP contribution >= 0.6 is 23.4 Å². The number of benzene rings is 3. The van der Waals surface area contributed by atoms with E-state index in [1.54, 1.807) is 40.9 Å². The predicted molar refractivity (Wildman–Crippen MR) is 106 cm³/mol. The van der Waals surface area contributed by atoms with Crippen LogP contribution in [-0.2, 0) is 9.53 Å². The van der Waals surface area contributed by atoms with E-state index in [-0.39, 0.29) is 18.1 Å². The molecule has 4 nitrogen and oxygen atoms in total. The van der Waals surface area contributed by atoms with Gasteiger partial charge in [-0.05, 0) is 36.4 Å². The van der Waals surface area contributed by atoms with Gasteiger partial charge in [0.25, 0.3) is 5.91 Å². The third-order valence-corrected chi connectivity index (χ3v) is 5.56. The molecule has 0 spiro atoms. The van der Waals surface area contributed by atoms with Crippen molar-refractivity contribution >= 4 is 46.6 Å². The van der Waals surface area contributed by atoms with Gasteiger partial charge in [-0.15, -0.1) is 0 Å². The number of para-hydroxylation sites is 2. The highest BCUT2D eigenvalue weighted by Gasteiger charge is 2.28. The largest absolute Gasteiger partial charge is 0.452 e. The smallest absolute Gasteiger partial charge is 0.340 e. The Balaban J connectivity index is 1.59. The van der Waals surface area contributed by atoms with Crippen LogP contribution in [0.5, 0.6) is 0 Å². The van der Waals surface area contributed by atoms with Crippen molar-refractivity contribution in [2.24, 2.45) is 0 Å². The number of hydrogen-bond acceptors (Lipinski definition) is 4. The predicted octanol–water partition coefficient (Wildman–Crippen LogP) is 5.33. The lowest BCUT2D eigenvalue weighted by Gasteiger charge is -2.30. The molecular formula is C21H14ClNO3S. The fourth-order valence-corrected chi connectivity index (χ4v) is 4.14. The summed E-state index contributed by atoms with van der Waals surface area (Å²) in [6.07, 6.45) is 0. The van der Waals surface area contributed by atoms with E-state index < -0.39 is 5.97 Å². The van der Waals surface area contributed by atoms with E-state index in [9.17, 15) is 9.59 Å². The second-order valence-corrected chi connectivity index (χ2v) is 7.31. The molecular weight excluding hydrogens is 382 g/mol. The molecule has 1 aliphatic rings. The number of amides is 1. The minimum absolute atomic E-state index is 0.238. The molecule has 1 aliphatic heterocycles. The van der Waals surface area contributed by atoms with Gasteiger partial charge >= 0.3 is 5.97 Å². The molecule has 1 heterocycles. The van der Waals surface area contributed by atoms with Crippen molar-refractivity contribution in [3.63, 3.8) is 0 Å². The van der Waals surface area contributed by atoms with Crippen LogP contribution in [0.15, 0.2) is 82.6 Å². The van der Waals surface area contributed by atoms with Crippen LogP contribution in [0.25, 0.3) is 0 Å². The molecule has 0 saturated heterocycles. The van der Waals surface area contributed by atoms with Gasteiger partial charge in [0.15, 0.2) is 6.61 Å². The van der Waals surface area contributed by atoms with Gasteiger partial charge in [0, 0.05) is 9.79 Å². The Morgan fingerprint density at radius 1 is 0.852 bits per heavy atom. The molecule has 0 bridgehead atoms. The monoisotopic (exact) mass is 395 g/mol. The molecule has 4 rings (SSSR count). The van der Waals surface area contributed by atoms with Gasteiger partial charge < -0.3 is 4.74 Å². The molecule has 0 fully saturated rings. The zero-order chi connectivity index (χ0) is 18.8. The minimum atomic E-state index is -0.623. The highest BCUT2D eigenvalue weighted by molar-refractivity contribution is 7.99. The molecule has 0 radical (unpaired) electrons. The number of hydrogen-bond donors (Lipinski definition) is 0. The number of halogens is 1. The molecule has 0 atom stereocenters. The number of carbonyl (C=O) groups is 2. The van der Waals surface area contributed by atoms with Crippen molar-refractivity contribution in [2.75, 3.05) is 11.5 Å². The quantitative estimate of drug-likeness (QED) is 0.562. The highest BCUT2D eigenvalue weighted by Crippen LogP contribution is 2.47. The first-order valence-corrected chi connectivity index (χ1v) is 9.45. The van der Waals surface area contributed by atoms with Crippen LogP contribution in [0.1, 0.15) is 10.4 Å². The summed E-state index contributed by atoms with van der Waals surface area (Å²) in [6, 6.07) is 21.9. The third-order valence-electron chi connectivity index (χ3n) is 4.10. The number of carbonyl (C=O) groups excluding carboxylic acids is 2. The number of ether oxygens (including phenoxy) is 1. The molecule has 3 aromatic carbocycles. The van der Waals surface area contributed by atoms with Crippen molar-refractivity contribution in [1.82, 2.24) is 0 Å². The second kappa shape index (κ2) is 7.47. The normalized spacial score (nSPS) is 12.1. The van der Waals surface area contributed by atoms with Crippen LogP contribution < -0.4 is 4.90 Å². The minimum Gasteiger partial charge on any atom is -0.452 e. The number of rotatable bonds is 3. The fourth-order valence-electron chi connectivity index (χ4n) is 2.87. The summed E-state index contributed by atoms with van der Waals surface area (Å²) in [4.78, 5) is 28.8. The van der Waals surface area contributed by atoms with Gasteiger partial charge in [0.1, 0.15) is 0 Å². The van der Waals surface area contributed by atoms with Gasteiger partial charge in [-0.3, -0.25) is 9.69 Å². The van der Waals surface area contributed by atoms with Gasteiger partial charge in [-0.25, -0.2) is 4.79 Å². The summed E-state index contributed by atoms with van der Waals surface area (Å²) in [6.45, 7) is -0.378. The Labute approximate surface area is 165 Å². The fraction of sp³-hybridized carbons (Fsp3) is 0.0476. The Hall–Kier alpha value is -2.76. The summed E-state index contributed by atoms with van der Waals surface area (Å²) < 4.78 is 5.23. The molecule has 27 heavy (non-hydrogen) atoms. The number of fused-ring (bicyclic) bond motifs is 2. The van der Waals surface area contributed by atoms with Crippen molar-refractivity contribution in [1.29, 1.82) is 0 Å². The molecule has 1 amide bonds. The van der Waals surface area contributed by atoms with Crippen LogP contribution in [0.3, 0.4) is 0 Å². The maximum absolute atomic E-state index is 13.0. The Bertz CT molecular complexity index is 992. The zero-order valence-corrected chi connectivity index (χ0v) is 15.7. The number of anilines is 2. The van der Waals surface area contributed by atoms with Crippen LogP contribution in [-0.4, -0.2) is 18.5 Å². The lowest BCUT2D eigenvalue weighted by atomic mass is 10.2. The SMILES string of the molecule is O=C(OCC(=O)N1c2ccccc2Sc2ccccc21)c1ccccc1Cl. The first kappa shape index (κ1) is 17.6. The Morgan fingerprint density at radius 3 is 2.04 bits per heavy atom. The maximum atomic E-state index is 13.0. The molecule has 0 aliphatic carbocycles. The average Bonchev–Trinajstić information content (AvgIpc) is 2.70. The Morgan fingerprint density at radius 2 is 1.41 bits per heavy atom. The van der Waals surface area contributed by atoms with Crippen molar-refractivity contribution < 1.29 is 14.3 Å². The van der Waals surface area contributed by atoms with Crippen molar-refractivity contribution in [3.05, 3.63) is 83.4 Å². The van der Waals surface area contributed by atoms with Gasteiger partial charge in [0.05, 0.1) is 22.0 Å². The summed E-state index contributed by atoms with van der Waals surface area (Å²) in [7, 11) is 0. The summed E-state index contributed by atoms with van der Waals surface area (Å²) in [5, 5.41) is 0.292. The van der Waals surface area contributed by atoms with Crippen molar-refractivity contribution in [2.45, 2.75) is 9.79 Å². The van der Waals surface area contributed by atoms with E-state index in [1.165, 1.54) is 0 Å². The first-order chi connectivity index (χ1) is 13.1. The van der Waals surface area contributed by atoms with E-state index in [1.807, 2.05) is 48.5 Å². The van der Waals surface area contributed by atoms with E-state index in [0.29, 0.717) is 5.02 Å². The molecule has 6 heteroatoms. The van der Waals surface area contributed by atoms with E-state index in [0.717, 1.165) is 21.2 Å². The lowest BCUT2D eigenvalue weighted by molar-refractivity contribution is -0.121. The summed E-state index contributed by atoms with van der Waals surface area (Å²) in [5.74, 6) is -0.947. The maximum Gasteiger partial charge on any atom is 0.340 e. The average molecular weight is 396 g/mol. The first-order valence-electron chi connectivity index (χ1n) is 8.25. The van der Waals surface area contributed by atoms with Crippen LogP contribution in [0.2, 0.25) is 5.02 Å². The summed E-state index contributed by atoms with van der Waals surface area (Å²) in [5.41, 5.74) is 1.79. The second-order valence-electron chi connectivity index (χ2n) is 5.82. The van der Waals surface area contributed by atoms with E-state index in [2.05, 4.69) is 0 Å². The van der Waals surface area contributed by atoms with Crippen molar-refractivity contribution in [3.8, 4) is 0 Å². The third kappa shape index (κ3) is 3.44. The molecule has 0 aromatic heterocycles.